The molecule has 122 valence electrons. The zero-order valence-electron chi connectivity index (χ0n) is 13.9. The predicted octanol–water partition coefficient (Wildman–Crippen LogP) is 3.19. The van der Waals surface area contributed by atoms with Crippen LogP contribution in [0.1, 0.15) is 64.2 Å². The summed E-state index contributed by atoms with van der Waals surface area (Å²) in [7, 11) is 2.22. The van der Waals surface area contributed by atoms with Gasteiger partial charge in [-0.1, -0.05) is 38.5 Å². The number of likely N-dealkylation sites (N-methyl/N-ethyl adjacent to an activating group) is 1. The minimum absolute atomic E-state index is 0.424. The molecule has 3 heteroatoms. The Kier molecular flexibility index (Phi) is 5.58. The van der Waals surface area contributed by atoms with Crippen molar-refractivity contribution >= 4 is 0 Å². The predicted molar refractivity (Wildman–Crippen MR) is 87.6 cm³/mol. The number of ether oxygens (including phenoxy) is 1. The summed E-state index contributed by atoms with van der Waals surface area (Å²) < 4.78 is 5.62. The van der Waals surface area contributed by atoms with Gasteiger partial charge in [-0.3, -0.25) is 4.90 Å². The fraction of sp³-hybridized carbons (Fsp3) is 1.00. The summed E-state index contributed by atoms with van der Waals surface area (Å²) in [6, 6.07) is 0.691. The van der Waals surface area contributed by atoms with E-state index in [9.17, 15) is 0 Å². The van der Waals surface area contributed by atoms with Crippen LogP contribution in [0.2, 0.25) is 0 Å². The number of morpholine rings is 1. The Morgan fingerprint density at radius 1 is 0.952 bits per heavy atom. The van der Waals surface area contributed by atoms with E-state index >= 15 is 0 Å². The minimum Gasteiger partial charge on any atom is -0.379 e. The van der Waals surface area contributed by atoms with Crippen molar-refractivity contribution < 1.29 is 4.74 Å². The van der Waals surface area contributed by atoms with Crippen LogP contribution in [0.3, 0.4) is 0 Å². The lowest BCUT2D eigenvalue weighted by Gasteiger charge is -2.50. The van der Waals surface area contributed by atoms with E-state index in [1.165, 1.54) is 64.2 Å². The number of nitrogens with zero attached hydrogens (tertiary/aromatic N) is 1. The second-order valence-corrected chi connectivity index (χ2v) is 7.43. The second kappa shape index (κ2) is 7.43. The average Bonchev–Trinajstić information content (AvgIpc) is 2.87. The van der Waals surface area contributed by atoms with Crippen molar-refractivity contribution in [2.24, 2.45) is 5.92 Å². The summed E-state index contributed by atoms with van der Waals surface area (Å²) in [6.07, 6.45) is 14.3. The lowest BCUT2D eigenvalue weighted by molar-refractivity contribution is -0.0447. The van der Waals surface area contributed by atoms with E-state index < -0.39 is 0 Å². The summed E-state index contributed by atoms with van der Waals surface area (Å²) in [5, 5.41) is 3.80. The molecule has 0 spiro atoms. The van der Waals surface area contributed by atoms with Crippen LogP contribution in [0.25, 0.3) is 0 Å². The molecule has 1 atom stereocenters. The zero-order valence-corrected chi connectivity index (χ0v) is 13.9. The number of nitrogens with one attached hydrogen (secondary N) is 1. The molecule has 0 aromatic heterocycles. The van der Waals surface area contributed by atoms with Crippen molar-refractivity contribution in [3.05, 3.63) is 0 Å². The quantitative estimate of drug-likeness (QED) is 0.806. The second-order valence-electron chi connectivity index (χ2n) is 7.43. The summed E-state index contributed by atoms with van der Waals surface area (Å²) >= 11 is 0. The maximum absolute atomic E-state index is 5.62. The summed E-state index contributed by atoms with van der Waals surface area (Å²) in [5.41, 5.74) is 0.424. The number of rotatable bonds is 4. The molecule has 1 unspecified atom stereocenters. The third-order valence-electron chi connectivity index (χ3n) is 6.37. The molecule has 3 rings (SSSR count). The Morgan fingerprint density at radius 2 is 1.57 bits per heavy atom. The molecule has 1 heterocycles. The van der Waals surface area contributed by atoms with Gasteiger partial charge in [-0.05, 0) is 38.6 Å². The van der Waals surface area contributed by atoms with Crippen LogP contribution in [0.15, 0.2) is 0 Å². The lowest BCUT2D eigenvalue weighted by atomic mass is 9.75. The van der Waals surface area contributed by atoms with Crippen LogP contribution in [0.4, 0.5) is 0 Å². The molecule has 2 saturated carbocycles. The third-order valence-corrected chi connectivity index (χ3v) is 6.37. The van der Waals surface area contributed by atoms with E-state index in [1.807, 2.05) is 0 Å². The van der Waals surface area contributed by atoms with Gasteiger partial charge >= 0.3 is 0 Å². The van der Waals surface area contributed by atoms with E-state index in [0.29, 0.717) is 11.6 Å². The number of hydrogen-bond acceptors (Lipinski definition) is 3. The molecule has 1 N–H and O–H groups in total. The topological polar surface area (TPSA) is 24.5 Å². The summed E-state index contributed by atoms with van der Waals surface area (Å²) in [6.45, 7) is 4.15. The van der Waals surface area contributed by atoms with Gasteiger partial charge in [0.05, 0.1) is 13.2 Å². The molecule has 1 aliphatic heterocycles. The Bertz CT molecular complexity index is 300. The maximum atomic E-state index is 5.62. The van der Waals surface area contributed by atoms with Gasteiger partial charge in [0.2, 0.25) is 0 Å². The van der Waals surface area contributed by atoms with Crippen molar-refractivity contribution in [2.45, 2.75) is 75.8 Å². The van der Waals surface area contributed by atoms with Crippen LogP contribution >= 0.6 is 0 Å². The van der Waals surface area contributed by atoms with Crippen LogP contribution in [0, 0.1) is 5.92 Å². The molecule has 3 fully saturated rings. The van der Waals surface area contributed by atoms with Crippen molar-refractivity contribution in [1.29, 1.82) is 0 Å². The van der Waals surface area contributed by atoms with Gasteiger partial charge in [0.25, 0.3) is 0 Å². The normalized spacial score (nSPS) is 30.1. The van der Waals surface area contributed by atoms with E-state index in [2.05, 4.69) is 17.3 Å². The van der Waals surface area contributed by atoms with Crippen molar-refractivity contribution in [1.82, 2.24) is 10.2 Å². The maximum Gasteiger partial charge on any atom is 0.0594 e. The van der Waals surface area contributed by atoms with Gasteiger partial charge < -0.3 is 10.1 Å². The van der Waals surface area contributed by atoms with Crippen molar-refractivity contribution in [2.75, 3.05) is 33.4 Å². The minimum atomic E-state index is 0.424. The van der Waals surface area contributed by atoms with E-state index in [4.69, 9.17) is 4.74 Å². The first-order valence-electron chi connectivity index (χ1n) is 9.37. The molecule has 0 amide bonds. The summed E-state index contributed by atoms with van der Waals surface area (Å²) in [4.78, 5) is 2.80. The fourth-order valence-electron chi connectivity index (χ4n) is 5.41. The lowest BCUT2D eigenvalue weighted by Crippen LogP contribution is -2.64. The smallest absolute Gasteiger partial charge is 0.0594 e. The van der Waals surface area contributed by atoms with Crippen molar-refractivity contribution in [3.8, 4) is 0 Å². The standard InChI is InChI=1S/C18H34N2O/c1-19-17(16-8-4-2-3-5-9-16)18(10-6-7-11-18)20-12-14-21-15-13-20/h16-17,19H,2-15H2,1H3. The highest BCUT2D eigenvalue weighted by Crippen LogP contribution is 2.43. The fourth-order valence-corrected chi connectivity index (χ4v) is 5.41. The Balaban J connectivity index is 1.79. The SMILES string of the molecule is CNC(C1CCCCCC1)C1(N2CCOCC2)CCCC1. The molecule has 2 aliphatic carbocycles. The molecule has 3 aliphatic rings. The highest BCUT2D eigenvalue weighted by atomic mass is 16.5. The monoisotopic (exact) mass is 294 g/mol. The van der Waals surface area contributed by atoms with Crippen LogP contribution in [-0.4, -0.2) is 49.8 Å². The van der Waals surface area contributed by atoms with Crippen molar-refractivity contribution in [3.63, 3.8) is 0 Å². The molecule has 21 heavy (non-hydrogen) atoms. The summed E-state index contributed by atoms with van der Waals surface area (Å²) in [5.74, 6) is 0.887. The molecule has 0 aromatic carbocycles. The first-order valence-corrected chi connectivity index (χ1v) is 9.37. The number of hydrogen-bond donors (Lipinski definition) is 1. The zero-order chi connectivity index (χ0) is 14.5. The van der Waals surface area contributed by atoms with Crippen LogP contribution in [0.5, 0.6) is 0 Å². The molecule has 0 radical (unpaired) electrons. The van der Waals surface area contributed by atoms with Gasteiger partial charge in [0, 0.05) is 24.7 Å². The van der Waals surface area contributed by atoms with E-state index in [0.717, 1.165) is 32.2 Å². The average molecular weight is 294 g/mol. The van der Waals surface area contributed by atoms with Gasteiger partial charge in [-0.2, -0.15) is 0 Å². The van der Waals surface area contributed by atoms with E-state index in [-0.39, 0.29) is 0 Å². The third kappa shape index (κ3) is 3.30. The highest BCUT2D eigenvalue weighted by Gasteiger charge is 2.48. The van der Waals surface area contributed by atoms with Crippen LogP contribution in [-0.2, 0) is 4.74 Å². The molecule has 0 aromatic rings. The van der Waals surface area contributed by atoms with Gasteiger partial charge in [0.1, 0.15) is 0 Å². The van der Waals surface area contributed by atoms with Crippen LogP contribution < -0.4 is 5.32 Å². The van der Waals surface area contributed by atoms with Gasteiger partial charge in [-0.25, -0.2) is 0 Å². The molecule has 0 bridgehead atoms. The molecular weight excluding hydrogens is 260 g/mol. The molecule has 1 saturated heterocycles. The Labute approximate surface area is 130 Å². The largest absolute Gasteiger partial charge is 0.379 e. The molecule has 3 nitrogen and oxygen atoms in total. The van der Waals surface area contributed by atoms with Gasteiger partial charge in [0.15, 0.2) is 0 Å². The Hall–Kier alpha value is -0.120. The Morgan fingerprint density at radius 3 is 2.14 bits per heavy atom. The van der Waals surface area contributed by atoms with E-state index in [1.54, 1.807) is 0 Å². The molecular formula is C18H34N2O. The first kappa shape index (κ1) is 15.8. The van der Waals surface area contributed by atoms with Gasteiger partial charge in [-0.15, -0.1) is 0 Å². The first-order chi connectivity index (χ1) is 10.4. The highest BCUT2D eigenvalue weighted by molar-refractivity contribution is 5.06.